The zero-order chi connectivity index (χ0) is 21.4. The van der Waals surface area contributed by atoms with Gasteiger partial charge < -0.3 is 24.4 Å². The topological polar surface area (TPSA) is 94.2 Å². The Hall–Kier alpha value is -3.55. The van der Waals surface area contributed by atoms with E-state index in [1.54, 1.807) is 41.3 Å². The third-order valence-electron chi connectivity index (χ3n) is 5.84. The molecule has 3 aliphatic rings. The van der Waals surface area contributed by atoms with Gasteiger partial charge >= 0.3 is 0 Å². The van der Waals surface area contributed by atoms with Crippen LogP contribution in [0.25, 0.3) is 0 Å². The number of nitrogens with one attached hydrogen (secondary N) is 1. The van der Waals surface area contributed by atoms with E-state index in [2.05, 4.69) is 5.32 Å². The van der Waals surface area contributed by atoms with Gasteiger partial charge in [-0.25, -0.2) is 0 Å². The van der Waals surface area contributed by atoms with Gasteiger partial charge in [-0.3, -0.25) is 14.4 Å². The van der Waals surface area contributed by atoms with Gasteiger partial charge in [0.1, 0.15) is 19.0 Å². The maximum Gasteiger partial charge on any atom is 0.262 e. The van der Waals surface area contributed by atoms with Crippen LogP contribution >= 0.6 is 0 Å². The van der Waals surface area contributed by atoms with E-state index in [1.807, 2.05) is 0 Å². The van der Waals surface area contributed by atoms with E-state index in [0.717, 1.165) is 0 Å². The first kappa shape index (κ1) is 19.4. The molecule has 1 fully saturated rings. The van der Waals surface area contributed by atoms with E-state index in [-0.39, 0.29) is 30.1 Å². The number of benzene rings is 2. The Morgan fingerprint density at radius 2 is 1.58 bits per heavy atom. The van der Waals surface area contributed by atoms with Gasteiger partial charge in [-0.15, -0.1) is 0 Å². The first-order valence-corrected chi connectivity index (χ1v) is 10.4. The molecule has 160 valence electrons. The number of nitrogens with zero attached hydrogens (tertiary/aromatic N) is 1. The van der Waals surface area contributed by atoms with Crippen molar-refractivity contribution in [2.75, 3.05) is 38.2 Å². The van der Waals surface area contributed by atoms with Crippen molar-refractivity contribution >= 4 is 23.3 Å². The summed E-state index contributed by atoms with van der Waals surface area (Å²) in [4.78, 5) is 39.2. The molecule has 8 heteroatoms. The fourth-order valence-corrected chi connectivity index (χ4v) is 4.18. The van der Waals surface area contributed by atoms with E-state index in [4.69, 9.17) is 14.2 Å². The molecule has 0 aliphatic carbocycles. The first-order valence-electron chi connectivity index (χ1n) is 10.4. The minimum absolute atomic E-state index is 0.0226. The van der Waals surface area contributed by atoms with Gasteiger partial charge in [-0.2, -0.15) is 0 Å². The molecule has 2 aromatic carbocycles. The number of ether oxygens (including phenoxy) is 3. The molecule has 2 aromatic rings. The number of fused-ring (bicyclic) bond motifs is 2. The molecule has 0 atom stereocenters. The number of piperidine rings is 1. The van der Waals surface area contributed by atoms with E-state index < -0.39 is 0 Å². The lowest BCUT2D eigenvalue weighted by Gasteiger charge is -2.32. The maximum absolute atomic E-state index is 13.0. The second kappa shape index (κ2) is 7.94. The Balaban J connectivity index is 1.23. The number of anilines is 1. The van der Waals surface area contributed by atoms with Crippen molar-refractivity contribution in [3.05, 3.63) is 47.5 Å². The molecule has 0 radical (unpaired) electrons. The van der Waals surface area contributed by atoms with Gasteiger partial charge in [0.15, 0.2) is 23.9 Å². The summed E-state index contributed by atoms with van der Waals surface area (Å²) in [7, 11) is 0. The molecule has 2 amide bonds. The number of carbonyl (C=O) groups is 3. The van der Waals surface area contributed by atoms with Crippen LogP contribution in [0.15, 0.2) is 36.4 Å². The van der Waals surface area contributed by atoms with Crippen molar-refractivity contribution in [2.45, 2.75) is 12.8 Å². The Kier molecular flexibility index (Phi) is 4.97. The lowest BCUT2D eigenvalue weighted by atomic mass is 9.88. The molecule has 3 heterocycles. The van der Waals surface area contributed by atoms with Crippen molar-refractivity contribution in [1.82, 2.24) is 4.90 Å². The average molecular weight is 422 g/mol. The number of hydrogen-bond acceptors (Lipinski definition) is 6. The molecular formula is C23H22N2O6. The van der Waals surface area contributed by atoms with Crippen molar-refractivity contribution in [2.24, 2.45) is 5.92 Å². The number of carbonyl (C=O) groups excluding carboxylic acids is 3. The van der Waals surface area contributed by atoms with Gasteiger partial charge in [0, 0.05) is 30.1 Å². The van der Waals surface area contributed by atoms with Gasteiger partial charge in [-0.05, 0) is 49.2 Å². The standard InChI is InChI=1S/C23H22N2O6/c26-21-13-31-18-3-2-16(11-17(18)24-21)23(28)25-7-5-14(6-8-25)22(27)15-1-4-19-20(12-15)30-10-9-29-19/h1-4,11-12,14H,5-10,13H2,(H,24,26). The van der Waals surface area contributed by atoms with Gasteiger partial charge in [0.25, 0.3) is 11.8 Å². The SMILES string of the molecule is O=C1COc2ccc(C(=O)N3CCC(C(=O)c4ccc5c(c4)OCCO5)CC3)cc2N1. The summed E-state index contributed by atoms with van der Waals surface area (Å²) in [5.74, 6) is 1.40. The minimum atomic E-state index is -0.240. The summed E-state index contributed by atoms with van der Waals surface area (Å²) < 4.78 is 16.4. The van der Waals surface area contributed by atoms with Crippen molar-refractivity contribution < 1.29 is 28.6 Å². The molecule has 1 saturated heterocycles. The van der Waals surface area contributed by atoms with E-state index in [0.29, 0.717) is 73.2 Å². The predicted octanol–water partition coefficient (Wildman–Crippen LogP) is 2.52. The molecule has 0 unspecified atom stereocenters. The summed E-state index contributed by atoms with van der Waals surface area (Å²) in [6, 6.07) is 10.3. The Labute approximate surface area is 179 Å². The molecule has 31 heavy (non-hydrogen) atoms. The molecule has 8 nitrogen and oxygen atoms in total. The molecule has 0 spiro atoms. The van der Waals surface area contributed by atoms with E-state index >= 15 is 0 Å². The Bertz CT molecular complexity index is 1060. The predicted molar refractivity (Wildman–Crippen MR) is 111 cm³/mol. The first-order chi connectivity index (χ1) is 15.1. The monoisotopic (exact) mass is 422 g/mol. The summed E-state index contributed by atoms with van der Waals surface area (Å²) in [5, 5.41) is 2.72. The fraction of sp³-hybridized carbons (Fsp3) is 0.348. The zero-order valence-electron chi connectivity index (χ0n) is 16.9. The highest BCUT2D eigenvalue weighted by Gasteiger charge is 2.30. The minimum Gasteiger partial charge on any atom is -0.486 e. The van der Waals surface area contributed by atoms with Crippen molar-refractivity contribution in [3.63, 3.8) is 0 Å². The van der Waals surface area contributed by atoms with Crippen LogP contribution in [0.1, 0.15) is 33.6 Å². The summed E-state index contributed by atoms with van der Waals surface area (Å²) in [6.45, 7) is 1.96. The van der Waals surface area contributed by atoms with E-state index in [1.165, 1.54) is 0 Å². The van der Waals surface area contributed by atoms with Crippen molar-refractivity contribution in [3.8, 4) is 17.2 Å². The molecule has 0 bridgehead atoms. The maximum atomic E-state index is 13.0. The summed E-state index contributed by atoms with van der Waals surface area (Å²) in [6.07, 6.45) is 1.20. The van der Waals surface area contributed by atoms with Crippen LogP contribution in [0, 0.1) is 5.92 Å². The molecule has 0 aromatic heterocycles. The third-order valence-corrected chi connectivity index (χ3v) is 5.84. The number of rotatable bonds is 3. The smallest absolute Gasteiger partial charge is 0.262 e. The molecule has 0 saturated carbocycles. The number of hydrogen-bond donors (Lipinski definition) is 1. The zero-order valence-corrected chi connectivity index (χ0v) is 16.9. The largest absolute Gasteiger partial charge is 0.486 e. The lowest BCUT2D eigenvalue weighted by molar-refractivity contribution is -0.118. The molecule has 3 aliphatic heterocycles. The Morgan fingerprint density at radius 3 is 2.39 bits per heavy atom. The third kappa shape index (κ3) is 3.81. The van der Waals surface area contributed by atoms with Crippen molar-refractivity contribution in [1.29, 1.82) is 0 Å². The van der Waals surface area contributed by atoms with Crippen LogP contribution in [0.5, 0.6) is 17.2 Å². The normalized spacial score (nSPS) is 17.9. The highest BCUT2D eigenvalue weighted by Crippen LogP contribution is 2.33. The number of ketones is 1. The quantitative estimate of drug-likeness (QED) is 0.764. The second-order valence-corrected chi connectivity index (χ2v) is 7.84. The average Bonchev–Trinajstić information content (AvgIpc) is 2.82. The molecule has 1 N–H and O–H groups in total. The number of Topliss-reactive ketones (excluding diaryl/α,β-unsaturated/α-hetero) is 1. The number of amides is 2. The van der Waals surface area contributed by atoms with Crippen LogP contribution in [0.4, 0.5) is 5.69 Å². The Morgan fingerprint density at radius 1 is 0.871 bits per heavy atom. The summed E-state index contributed by atoms with van der Waals surface area (Å²) in [5.41, 5.74) is 1.60. The fourth-order valence-electron chi connectivity index (χ4n) is 4.18. The molecular weight excluding hydrogens is 400 g/mol. The molecule has 5 rings (SSSR count). The van der Waals surface area contributed by atoms with E-state index in [9.17, 15) is 14.4 Å². The summed E-state index contributed by atoms with van der Waals surface area (Å²) >= 11 is 0. The van der Waals surface area contributed by atoms with Gasteiger partial charge in [-0.1, -0.05) is 0 Å². The van der Waals surface area contributed by atoms with Crippen LogP contribution in [-0.2, 0) is 4.79 Å². The van der Waals surface area contributed by atoms with Crippen LogP contribution in [0.2, 0.25) is 0 Å². The van der Waals surface area contributed by atoms with Crippen LogP contribution < -0.4 is 19.5 Å². The van der Waals surface area contributed by atoms with Crippen LogP contribution in [0.3, 0.4) is 0 Å². The highest BCUT2D eigenvalue weighted by molar-refractivity contribution is 6.01. The highest BCUT2D eigenvalue weighted by atomic mass is 16.6. The van der Waals surface area contributed by atoms with Crippen LogP contribution in [-0.4, -0.2) is 55.4 Å². The number of likely N-dealkylation sites (tertiary alicyclic amines) is 1. The lowest BCUT2D eigenvalue weighted by Crippen LogP contribution is -2.40. The second-order valence-electron chi connectivity index (χ2n) is 7.84. The van der Waals surface area contributed by atoms with Gasteiger partial charge in [0.2, 0.25) is 0 Å². The van der Waals surface area contributed by atoms with Gasteiger partial charge in [0.05, 0.1) is 5.69 Å².